The monoisotopic (exact) mass is 228 g/mol. The Kier molecular flexibility index (Phi) is 3.97. The van der Waals surface area contributed by atoms with Crippen molar-refractivity contribution in [3.63, 3.8) is 0 Å². The maximum atomic E-state index is 11.5. The van der Waals surface area contributed by atoms with Crippen LogP contribution in [0.15, 0.2) is 12.1 Å². The van der Waals surface area contributed by atoms with E-state index in [9.17, 15) is 4.79 Å². The van der Waals surface area contributed by atoms with Crippen molar-refractivity contribution in [1.82, 2.24) is 0 Å². The van der Waals surface area contributed by atoms with Crippen LogP contribution in [0.5, 0.6) is 11.5 Å². The Morgan fingerprint density at radius 3 is 2.27 bits per heavy atom. The van der Waals surface area contributed by atoms with Crippen LogP contribution in [-0.2, 0) is 0 Å². The molecule has 82 valence electrons. The van der Waals surface area contributed by atoms with Crippen LogP contribution in [0.1, 0.15) is 23.7 Å². The highest BCUT2D eigenvalue weighted by Crippen LogP contribution is 2.33. The highest BCUT2D eigenvalue weighted by molar-refractivity contribution is 6.34. The molecular weight excluding hydrogens is 216 g/mol. The van der Waals surface area contributed by atoms with Crippen LogP contribution in [0.2, 0.25) is 5.02 Å². The number of halogens is 1. The Labute approximate surface area is 93.9 Å². The van der Waals surface area contributed by atoms with E-state index in [-0.39, 0.29) is 5.78 Å². The molecule has 0 heterocycles. The maximum Gasteiger partial charge on any atom is 0.164 e. The maximum absolute atomic E-state index is 11.5. The number of Topliss-reactive ketones (excluding diaryl/α,β-unsaturated/α-hetero) is 1. The molecule has 0 saturated heterocycles. The Balaban J connectivity index is 3.25. The molecule has 0 aliphatic carbocycles. The second-order valence-electron chi connectivity index (χ2n) is 2.96. The molecule has 0 aliphatic heterocycles. The topological polar surface area (TPSA) is 35.5 Å². The highest BCUT2D eigenvalue weighted by Gasteiger charge is 2.14. The van der Waals surface area contributed by atoms with Crippen LogP contribution in [0.4, 0.5) is 0 Å². The van der Waals surface area contributed by atoms with E-state index < -0.39 is 0 Å². The second-order valence-corrected chi connectivity index (χ2v) is 3.37. The van der Waals surface area contributed by atoms with Gasteiger partial charge in [-0.25, -0.2) is 0 Å². The van der Waals surface area contributed by atoms with Gasteiger partial charge in [0.05, 0.1) is 19.2 Å². The van der Waals surface area contributed by atoms with Crippen LogP contribution in [0.3, 0.4) is 0 Å². The minimum Gasteiger partial charge on any atom is -0.493 e. The van der Waals surface area contributed by atoms with Gasteiger partial charge in [-0.1, -0.05) is 18.5 Å². The third kappa shape index (κ3) is 2.42. The number of ketones is 1. The van der Waals surface area contributed by atoms with E-state index in [1.54, 1.807) is 19.1 Å². The number of hydrogen-bond acceptors (Lipinski definition) is 3. The fourth-order valence-electron chi connectivity index (χ4n) is 1.26. The summed E-state index contributed by atoms with van der Waals surface area (Å²) in [5, 5.41) is 0.388. The van der Waals surface area contributed by atoms with Crippen molar-refractivity contribution in [3.8, 4) is 11.5 Å². The molecule has 3 nitrogen and oxygen atoms in total. The summed E-state index contributed by atoms with van der Waals surface area (Å²) in [4.78, 5) is 11.5. The first-order chi connectivity index (χ1) is 7.13. The van der Waals surface area contributed by atoms with Gasteiger partial charge in [0.25, 0.3) is 0 Å². The van der Waals surface area contributed by atoms with Crippen molar-refractivity contribution < 1.29 is 14.3 Å². The number of carbonyl (C=O) groups excluding carboxylic acids is 1. The van der Waals surface area contributed by atoms with E-state index in [2.05, 4.69) is 0 Å². The molecule has 0 spiro atoms. The molecule has 1 aromatic carbocycles. The molecule has 0 unspecified atom stereocenters. The van der Waals surface area contributed by atoms with E-state index in [1.165, 1.54) is 14.2 Å². The molecule has 0 saturated carbocycles. The van der Waals surface area contributed by atoms with Gasteiger partial charge in [-0.3, -0.25) is 4.79 Å². The molecule has 0 bridgehead atoms. The van der Waals surface area contributed by atoms with Crippen molar-refractivity contribution >= 4 is 17.4 Å². The van der Waals surface area contributed by atoms with E-state index in [0.717, 1.165) is 0 Å². The quantitative estimate of drug-likeness (QED) is 0.744. The van der Waals surface area contributed by atoms with Crippen LogP contribution in [0.25, 0.3) is 0 Å². The van der Waals surface area contributed by atoms with Gasteiger partial charge in [-0.05, 0) is 6.07 Å². The zero-order chi connectivity index (χ0) is 11.4. The van der Waals surface area contributed by atoms with Crippen LogP contribution < -0.4 is 9.47 Å². The summed E-state index contributed by atoms with van der Waals surface area (Å²) in [6, 6.07) is 3.19. The average molecular weight is 229 g/mol. The molecule has 1 rings (SSSR count). The van der Waals surface area contributed by atoms with Gasteiger partial charge >= 0.3 is 0 Å². The fourth-order valence-corrected chi connectivity index (χ4v) is 1.52. The summed E-state index contributed by atoms with van der Waals surface area (Å²) in [6.45, 7) is 1.79. The Morgan fingerprint density at radius 2 is 1.80 bits per heavy atom. The van der Waals surface area contributed by atoms with Crippen LogP contribution >= 0.6 is 11.6 Å². The van der Waals surface area contributed by atoms with Gasteiger partial charge in [-0.2, -0.15) is 0 Å². The molecule has 0 amide bonds. The highest BCUT2D eigenvalue weighted by atomic mass is 35.5. The first-order valence-corrected chi connectivity index (χ1v) is 4.96. The van der Waals surface area contributed by atoms with E-state index in [0.29, 0.717) is 28.5 Å². The summed E-state index contributed by atoms with van der Waals surface area (Å²) in [5.74, 6) is 1.02. The third-order valence-electron chi connectivity index (χ3n) is 2.09. The van der Waals surface area contributed by atoms with Gasteiger partial charge in [0, 0.05) is 18.1 Å². The summed E-state index contributed by atoms with van der Waals surface area (Å²) in [7, 11) is 3.04. The minimum absolute atomic E-state index is 0.0130. The molecule has 0 aliphatic rings. The lowest BCUT2D eigenvalue weighted by molar-refractivity contribution is 0.0988. The molecular formula is C11H13ClO3. The summed E-state index contributed by atoms with van der Waals surface area (Å²) in [6.07, 6.45) is 0.412. The molecule has 0 N–H and O–H groups in total. The van der Waals surface area contributed by atoms with Gasteiger partial charge < -0.3 is 9.47 Å². The Bertz CT molecular complexity index is 374. The minimum atomic E-state index is -0.0130. The number of ether oxygens (including phenoxy) is 2. The number of hydrogen-bond donors (Lipinski definition) is 0. The normalized spacial score (nSPS) is 9.87. The van der Waals surface area contributed by atoms with Gasteiger partial charge in [0.2, 0.25) is 0 Å². The second kappa shape index (κ2) is 5.03. The zero-order valence-corrected chi connectivity index (χ0v) is 9.72. The van der Waals surface area contributed by atoms with Crippen molar-refractivity contribution in [1.29, 1.82) is 0 Å². The number of carbonyl (C=O) groups is 1. The standard InChI is InChI=1S/C11H13ClO3/c1-4-9(13)7-5-10(14-2)11(15-3)6-8(7)12/h5-6H,4H2,1-3H3. The lowest BCUT2D eigenvalue weighted by Crippen LogP contribution is -2.00. The number of methoxy groups -OCH3 is 2. The number of benzene rings is 1. The Hall–Kier alpha value is -1.22. The van der Waals surface area contributed by atoms with Crippen molar-refractivity contribution in [2.45, 2.75) is 13.3 Å². The van der Waals surface area contributed by atoms with Crippen molar-refractivity contribution in [2.24, 2.45) is 0 Å². The summed E-state index contributed by atoms with van der Waals surface area (Å²) in [5.41, 5.74) is 0.469. The van der Waals surface area contributed by atoms with Crippen LogP contribution in [-0.4, -0.2) is 20.0 Å². The van der Waals surface area contributed by atoms with Crippen LogP contribution in [0, 0.1) is 0 Å². The smallest absolute Gasteiger partial charge is 0.164 e. The Morgan fingerprint density at radius 1 is 1.27 bits per heavy atom. The first kappa shape index (κ1) is 11.9. The molecule has 4 heteroatoms. The fraction of sp³-hybridized carbons (Fsp3) is 0.364. The molecule has 0 radical (unpaired) electrons. The largest absolute Gasteiger partial charge is 0.493 e. The number of rotatable bonds is 4. The first-order valence-electron chi connectivity index (χ1n) is 4.58. The third-order valence-corrected chi connectivity index (χ3v) is 2.41. The lowest BCUT2D eigenvalue weighted by Gasteiger charge is -2.10. The van der Waals surface area contributed by atoms with Crippen molar-refractivity contribution in [2.75, 3.05) is 14.2 Å². The molecule has 0 atom stereocenters. The molecule has 15 heavy (non-hydrogen) atoms. The lowest BCUT2D eigenvalue weighted by atomic mass is 10.1. The molecule has 1 aromatic rings. The predicted octanol–water partition coefficient (Wildman–Crippen LogP) is 2.95. The summed E-state index contributed by atoms with van der Waals surface area (Å²) >= 11 is 5.95. The predicted molar refractivity (Wildman–Crippen MR) is 59.2 cm³/mol. The summed E-state index contributed by atoms with van der Waals surface area (Å²) < 4.78 is 10.2. The van der Waals surface area contributed by atoms with Gasteiger partial charge in [0.1, 0.15) is 0 Å². The van der Waals surface area contributed by atoms with Gasteiger partial charge in [0.15, 0.2) is 17.3 Å². The van der Waals surface area contributed by atoms with E-state index in [1.807, 2.05) is 0 Å². The van der Waals surface area contributed by atoms with E-state index >= 15 is 0 Å². The SMILES string of the molecule is CCC(=O)c1cc(OC)c(OC)cc1Cl. The van der Waals surface area contributed by atoms with E-state index in [4.69, 9.17) is 21.1 Å². The molecule has 0 fully saturated rings. The molecule has 0 aromatic heterocycles. The van der Waals surface area contributed by atoms with Gasteiger partial charge in [-0.15, -0.1) is 0 Å². The zero-order valence-electron chi connectivity index (χ0n) is 8.96. The average Bonchev–Trinajstić information content (AvgIpc) is 2.27. The van der Waals surface area contributed by atoms with Crippen molar-refractivity contribution in [3.05, 3.63) is 22.7 Å².